The van der Waals surface area contributed by atoms with Crippen LogP contribution in [0.25, 0.3) is 0 Å². The second-order valence-electron chi connectivity index (χ2n) is 14.2. The molecule has 1 N–H and O–H groups in total. The van der Waals surface area contributed by atoms with Gasteiger partial charge in [-0.2, -0.15) is 0 Å². The van der Waals surface area contributed by atoms with E-state index in [2.05, 4.69) is 0 Å². The summed E-state index contributed by atoms with van der Waals surface area (Å²) >= 11 is 0. The second kappa shape index (κ2) is 8.31. The molecule has 1 saturated heterocycles. The Morgan fingerprint density at radius 1 is 1.18 bits per heavy atom. The van der Waals surface area contributed by atoms with Gasteiger partial charge in [-0.25, -0.2) is 4.39 Å². The van der Waals surface area contributed by atoms with E-state index in [1.807, 2.05) is 27.7 Å². The van der Waals surface area contributed by atoms with Crippen molar-refractivity contribution in [1.82, 2.24) is 0 Å². The molecule has 38 heavy (non-hydrogen) atoms. The quantitative estimate of drug-likeness (QED) is 0.536. The number of hydrogen-bond donors (Lipinski definition) is 1. The fraction of sp³-hybridized carbons (Fsp3) is 0.767. The molecule has 5 aliphatic rings. The van der Waals surface area contributed by atoms with E-state index < -0.39 is 64.4 Å². The molecule has 0 aromatic carbocycles. The number of fused-ring (bicyclic) bond motifs is 7. The summed E-state index contributed by atoms with van der Waals surface area (Å²) in [6, 6.07) is 0. The van der Waals surface area contributed by atoms with Crippen LogP contribution in [0.2, 0.25) is 0 Å². The zero-order valence-corrected chi connectivity index (χ0v) is 23.6. The summed E-state index contributed by atoms with van der Waals surface area (Å²) < 4.78 is 35.6. The van der Waals surface area contributed by atoms with Crippen molar-refractivity contribution in [3.63, 3.8) is 0 Å². The zero-order valence-electron chi connectivity index (χ0n) is 23.6. The Morgan fingerprint density at radius 2 is 1.87 bits per heavy atom. The van der Waals surface area contributed by atoms with Gasteiger partial charge >= 0.3 is 5.97 Å². The van der Waals surface area contributed by atoms with Crippen LogP contribution in [0.3, 0.4) is 0 Å². The predicted molar refractivity (Wildman–Crippen MR) is 137 cm³/mol. The molecular weight excluding hydrogens is 491 g/mol. The van der Waals surface area contributed by atoms with Gasteiger partial charge in [-0.05, 0) is 69.9 Å². The van der Waals surface area contributed by atoms with Crippen LogP contribution >= 0.6 is 0 Å². The van der Waals surface area contributed by atoms with Crippen molar-refractivity contribution in [3.8, 4) is 0 Å². The van der Waals surface area contributed by atoms with E-state index in [4.69, 9.17) is 14.2 Å². The van der Waals surface area contributed by atoms with Crippen molar-refractivity contribution < 1.29 is 38.1 Å². The highest BCUT2D eigenvalue weighted by Crippen LogP contribution is 2.72. The molecule has 0 amide bonds. The number of ketones is 2. The number of halogens is 1. The first-order valence-corrected chi connectivity index (χ1v) is 13.8. The summed E-state index contributed by atoms with van der Waals surface area (Å²) in [5.41, 5.74) is -5.17. The maximum Gasteiger partial charge on any atom is 0.306 e. The third-order valence-electron chi connectivity index (χ3n) is 10.1. The van der Waals surface area contributed by atoms with Gasteiger partial charge in [0.2, 0.25) is 5.78 Å². The van der Waals surface area contributed by atoms with E-state index >= 15 is 4.39 Å². The highest BCUT2D eigenvalue weighted by Gasteiger charge is 2.80. The van der Waals surface area contributed by atoms with Crippen LogP contribution in [0.5, 0.6) is 0 Å². The molecule has 0 aromatic heterocycles. The number of rotatable bonds is 4. The number of aliphatic hydroxyl groups excluding tert-OH is 1. The molecule has 210 valence electrons. The van der Waals surface area contributed by atoms with Crippen LogP contribution in [-0.2, 0) is 28.6 Å². The van der Waals surface area contributed by atoms with Crippen molar-refractivity contribution >= 4 is 17.5 Å². The van der Waals surface area contributed by atoms with Crippen LogP contribution in [-0.4, -0.2) is 58.5 Å². The van der Waals surface area contributed by atoms with Gasteiger partial charge in [-0.3, -0.25) is 14.4 Å². The number of hydrogen-bond acceptors (Lipinski definition) is 7. The number of alkyl halides is 1. The van der Waals surface area contributed by atoms with Gasteiger partial charge in [0.15, 0.2) is 29.4 Å². The summed E-state index contributed by atoms with van der Waals surface area (Å²) in [4.78, 5) is 38.6. The standard InChI is InChI=1S/C30H41FO7/c1-25(2,3)15-24(35)36-16-22(34)30-23(37-26(4,5)38-30)13-20-19-9-8-17-12-18(32)10-11-27(17,6)29(19,31)21(33)14-28(20,30)7/h10-12,19-21,23,33H,8-9,13-16H2,1-7H3/t19-,20+,21+,23-,27+,28+,29+,30-/m1/s1. The molecular formula is C30H41FO7. The predicted octanol–water partition coefficient (Wildman–Crippen LogP) is 4.41. The minimum absolute atomic E-state index is 0.0209. The number of carbonyl (C=O) groups excluding carboxylic acids is 3. The molecule has 5 rings (SSSR count). The first-order chi connectivity index (χ1) is 17.4. The van der Waals surface area contributed by atoms with Crippen LogP contribution in [0.15, 0.2) is 23.8 Å². The Hall–Kier alpha value is -1.90. The van der Waals surface area contributed by atoms with Crippen molar-refractivity contribution in [2.24, 2.45) is 28.1 Å². The van der Waals surface area contributed by atoms with E-state index in [0.29, 0.717) is 24.8 Å². The SMILES string of the molecule is CC(C)(C)CC(=O)OCC(=O)[C@@]12OC(C)(C)O[C@@H]1C[C@H]1[C@H]3CCC4=CC(=O)C=C[C@]4(C)[C@@]3(F)[C@@H](O)C[C@@]12C. The highest BCUT2D eigenvalue weighted by molar-refractivity contribution is 6.01. The maximum atomic E-state index is 17.4. The van der Waals surface area contributed by atoms with Gasteiger partial charge < -0.3 is 19.3 Å². The largest absolute Gasteiger partial charge is 0.458 e. The third kappa shape index (κ3) is 3.66. The number of esters is 1. The number of allylic oxidation sites excluding steroid dienone is 4. The summed E-state index contributed by atoms with van der Waals surface area (Å²) in [7, 11) is 0. The van der Waals surface area contributed by atoms with E-state index in [1.54, 1.807) is 26.8 Å². The molecule has 1 heterocycles. The first kappa shape index (κ1) is 27.7. The molecule has 0 unspecified atom stereocenters. The Balaban J connectivity index is 1.51. The lowest BCUT2D eigenvalue weighted by atomic mass is 9.44. The summed E-state index contributed by atoms with van der Waals surface area (Å²) in [5.74, 6) is -3.02. The van der Waals surface area contributed by atoms with Gasteiger partial charge in [0.25, 0.3) is 0 Å². The zero-order chi connectivity index (χ0) is 28.1. The Labute approximate surface area is 224 Å². The monoisotopic (exact) mass is 532 g/mol. The maximum absolute atomic E-state index is 17.4. The van der Waals surface area contributed by atoms with Gasteiger partial charge in [-0.1, -0.05) is 39.3 Å². The second-order valence-corrected chi connectivity index (χ2v) is 14.2. The summed E-state index contributed by atoms with van der Waals surface area (Å²) in [6.45, 7) is 12.4. The van der Waals surface area contributed by atoms with Crippen LogP contribution < -0.4 is 0 Å². The fourth-order valence-electron chi connectivity index (χ4n) is 8.55. The fourth-order valence-corrected chi connectivity index (χ4v) is 8.55. The van der Waals surface area contributed by atoms with Gasteiger partial charge in [0.1, 0.15) is 0 Å². The Morgan fingerprint density at radius 3 is 2.53 bits per heavy atom. The minimum atomic E-state index is -2.02. The van der Waals surface area contributed by atoms with E-state index in [1.165, 1.54) is 12.2 Å². The van der Waals surface area contributed by atoms with Crippen LogP contribution in [0.4, 0.5) is 4.39 Å². The number of Topliss-reactive ketones (excluding diaryl/α,β-unsaturated/α-hetero) is 1. The van der Waals surface area contributed by atoms with E-state index in [9.17, 15) is 19.5 Å². The lowest BCUT2D eigenvalue weighted by molar-refractivity contribution is -0.246. The van der Waals surface area contributed by atoms with Crippen LogP contribution in [0, 0.1) is 28.1 Å². The minimum Gasteiger partial charge on any atom is -0.458 e. The lowest BCUT2D eigenvalue weighted by Crippen LogP contribution is -2.70. The lowest BCUT2D eigenvalue weighted by Gasteiger charge is -2.62. The topological polar surface area (TPSA) is 99.1 Å². The average molecular weight is 533 g/mol. The number of carbonyl (C=O) groups is 3. The molecule has 4 fully saturated rings. The molecule has 0 aromatic rings. The summed E-state index contributed by atoms with van der Waals surface area (Å²) in [6.07, 6.45) is 3.96. The molecule has 8 heteroatoms. The molecule has 0 spiro atoms. The van der Waals surface area contributed by atoms with E-state index in [0.717, 1.165) is 0 Å². The molecule has 1 aliphatic heterocycles. The molecule has 4 aliphatic carbocycles. The van der Waals surface area contributed by atoms with Crippen molar-refractivity contribution in [2.45, 2.75) is 110 Å². The van der Waals surface area contributed by atoms with Crippen molar-refractivity contribution in [2.75, 3.05) is 6.61 Å². The molecule has 7 nitrogen and oxygen atoms in total. The average Bonchev–Trinajstić information content (AvgIpc) is 3.18. The van der Waals surface area contributed by atoms with Crippen LogP contribution in [0.1, 0.15) is 80.6 Å². The third-order valence-corrected chi connectivity index (χ3v) is 10.1. The van der Waals surface area contributed by atoms with E-state index in [-0.39, 0.29) is 30.0 Å². The smallest absolute Gasteiger partial charge is 0.306 e. The molecule has 0 bridgehead atoms. The number of ether oxygens (including phenoxy) is 3. The van der Waals surface area contributed by atoms with Crippen molar-refractivity contribution in [1.29, 1.82) is 0 Å². The molecule has 0 radical (unpaired) electrons. The first-order valence-electron chi connectivity index (χ1n) is 13.8. The highest BCUT2D eigenvalue weighted by atomic mass is 19.1. The molecule has 8 atom stereocenters. The molecule has 3 saturated carbocycles. The Kier molecular flexibility index (Phi) is 6.05. The van der Waals surface area contributed by atoms with Gasteiger partial charge in [0.05, 0.1) is 18.6 Å². The van der Waals surface area contributed by atoms with Crippen molar-refractivity contribution in [3.05, 3.63) is 23.8 Å². The normalized spacial score (nSPS) is 45.0. The van der Waals surface area contributed by atoms with Gasteiger partial charge in [0, 0.05) is 16.7 Å². The Bertz CT molecular complexity index is 1130. The summed E-state index contributed by atoms with van der Waals surface area (Å²) in [5, 5.41) is 11.6. The van der Waals surface area contributed by atoms with Gasteiger partial charge in [-0.15, -0.1) is 0 Å². The number of aliphatic hydroxyl groups is 1.